The molecule has 0 saturated carbocycles. The lowest BCUT2D eigenvalue weighted by atomic mass is 10.3. The summed E-state index contributed by atoms with van der Waals surface area (Å²) in [6, 6.07) is 2.20. The van der Waals surface area contributed by atoms with Crippen LogP contribution in [0, 0.1) is 13.8 Å². The molecule has 0 N–H and O–H groups in total. The van der Waals surface area contributed by atoms with E-state index in [9.17, 15) is 0 Å². The van der Waals surface area contributed by atoms with Crippen LogP contribution in [0.3, 0.4) is 0 Å². The third-order valence-electron chi connectivity index (χ3n) is 2.74. The maximum absolute atomic E-state index is 5.76. The van der Waals surface area contributed by atoms with Crippen LogP contribution in [-0.2, 0) is 0 Å². The van der Waals surface area contributed by atoms with Gasteiger partial charge in [-0.2, -0.15) is 0 Å². The molecule has 2 aromatic heterocycles. The number of hydrogen-bond donors (Lipinski definition) is 0. The Hall–Kier alpha value is -0.570. The van der Waals surface area contributed by atoms with E-state index in [-0.39, 0.29) is 0 Å². The molecule has 2 aromatic rings. The van der Waals surface area contributed by atoms with Crippen LogP contribution in [-0.4, -0.2) is 13.2 Å². The number of ether oxygens (including phenoxy) is 2. The number of rotatable bonds is 1. The molecule has 0 amide bonds. The molecule has 1 aliphatic heterocycles. The van der Waals surface area contributed by atoms with E-state index in [4.69, 9.17) is 9.47 Å². The van der Waals surface area contributed by atoms with Crippen LogP contribution in [0.25, 0.3) is 9.75 Å². The van der Waals surface area contributed by atoms with Gasteiger partial charge < -0.3 is 9.47 Å². The van der Waals surface area contributed by atoms with Gasteiger partial charge in [0.2, 0.25) is 0 Å². The van der Waals surface area contributed by atoms with Gasteiger partial charge in [-0.25, -0.2) is 0 Å². The number of fused-ring (bicyclic) bond motifs is 1. The molecule has 0 radical (unpaired) electrons. The summed E-state index contributed by atoms with van der Waals surface area (Å²) in [5.41, 5.74) is 0. The molecular weight excluding hydrogens is 271 g/mol. The van der Waals surface area contributed by atoms with E-state index in [1.807, 2.05) is 11.3 Å². The summed E-state index contributed by atoms with van der Waals surface area (Å²) in [7, 11) is 2.78. The standard InChI is InChI=1S/C12H13O2PS2/c1-6-8(15)5-9(16-6)12-11-10(7(2)17-12)13-3-4-14-11/h5H,3-4,15H2,1-2H3. The van der Waals surface area contributed by atoms with E-state index >= 15 is 0 Å². The van der Waals surface area contributed by atoms with Gasteiger partial charge in [0, 0.05) is 14.6 Å². The number of thiophene rings is 2. The summed E-state index contributed by atoms with van der Waals surface area (Å²) < 4.78 is 11.4. The van der Waals surface area contributed by atoms with Crippen molar-refractivity contribution in [2.24, 2.45) is 0 Å². The quantitative estimate of drug-likeness (QED) is 0.748. The van der Waals surface area contributed by atoms with Gasteiger partial charge in [0.15, 0.2) is 11.5 Å². The molecular formula is C12H13O2PS2. The van der Waals surface area contributed by atoms with Gasteiger partial charge >= 0.3 is 0 Å². The molecule has 1 unspecified atom stereocenters. The van der Waals surface area contributed by atoms with Gasteiger partial charge in [0.1, 0.15) is 13.2 Å². The second-order valence-electron chi connectivity index (χ2n) is 3.96. The Morgan fingerprint density at radius 1 is 1.06 bits per heavy atom. The highest BCUT2D eigenvalue weighted by molar-refractivity contribution is 7.31. The van der Waals surface area contributed by atoms with Gasteiger partial charge in [0.05, 0.1) is 4.88 Å². The van der Waals surface area contributed by atoms with Crippen molar-refractivity contribution >= 4 is 37.2 Å². The molecule has 3 rings (SSSR count). The zero-order valence-electron chi connectivity index (χ0n) is 9.70. The van der Waals surface area contributed by atoms with Crippen LogP contribution >= 0.6 is 31.9 Å². The lowest BCUT2D eigenvalue weighted by Crippen LogP contribution is -2.14. The fraction of sp³-hybridized carbons (Fsp3) is 0.333. The third kappa shape index (κ3) is 1.88. The van der Waals surface area contributed by atoms with Crippen molar-refractivity contribution < 1.29 is 9.47 Å². The van der Waals surface area contributed by atoms with Crippen molar-refractivity contribution in [3.8, 4) is 21.3 Å². The minimum atomic E-state index is 0.647. The van der Waals surface area contributed by atoms with Crippen molar-refractivity contribution in [1.29, 1.82) is 0 Å². The number of aryl methyl sites for hydroxylation is 2. The molecule has 5 heteroatoms. The lowest BCUT2D eigenvalue weighted by molar-refractivity contribution is 0.173. The smallest absolute Gasteiger partial charge is 0.181 e. The molecule has 0 bridgehead atoms. The predicted molar refractivity (Wildman–Crippen MR) is 77.4 cm³/mol. The van der Waals surface area contributed by atoms with Gasteiger partial charge in [0.25, 0.3) is 0 Å². The highest BCUT2D eigenvalue weighted by atomic mass is 32.1. The predicted octanol–water partition coefficient (Wildman–Crippen LogP) is 3.37. The summed E-state index contributed by atoms with van der Waals surface area (Å²) in [4.78, 5) is 5.01. The topological polar surface area (TPSA) is 18.5 Å². The second kappa shape index (κ2) is 4.27. The minimum Gasteiger partial charge on any atom is -0.485 e. The van der Waals surface area contributed by atoms with Crippen LogP contribution in [0.1, 0.15) is 9.75 Å². The average molecular weight is 284 g/mol. The van der Waals surface area contributed by atoms with Gasteiger partial charge in [-0.05, 0) is 25.2 Å². The Labute approximate surface area is 111 Å². The van der Waals surface area contributed by atoms with E-state index in [1.54, 1.807) is 11.3 Å². The minimum absolute atomic E-state index is 0.647. The van der Waals surface area contributed by atoms with Crippen LogP contribution in [0.2, 0.25) is 0 Å². The van der Waals surface area contributed by atoms with Gasteiger partial charge in [-0.1, -0.05) is 0 Å². The SMILES string of the molecule is Cc1sc(-c2sc(C)c3c2OCCO3)cc1P. The fourth-order valence-electron chi connectivity index (χ4n) is 1.86. The maximum Gasteiger partial charge on any atom is 0.181 e. The van der Waals surface area contributed by atoms with E-state index in [0.717, 1.165) is 11.5 Å². The van der Waals surface area contributed by atoms with Crippen LogP contribution in [0.4, 0.5) is 0 Å². The van der Waals surface area contributed by atoms with Crippen LogP contribution in [0.5, 0.6) is 11.5 Å². The van der Waals surface area contributed by atoms with Gasteiger partial charge in [-0.15, -0.1) is 31.9 Å². The Morgan fingerprint density at radius 3 is 2.41 bits per heavy atom. The highest BCUT2D eigenvalue weighted by Gasteiger charge is 2.24. The van der Waals surface area contributed by atoms with Crippen LogP contribution < -0.4 is 14.8 Å². The molecule has 0 aliphatic carbocycles. The monoisotopic (exact) mass is 284 g/mol. The normalized spacial score (nSPS) is 14.1. The zero-order chi connectivity index (χ0) is 12.0. The summed E-state index contributed by atoms with van der Waals surface area (Å²) in [6.45, 7) is 5.53. The first-order valence-electron chi connectivity index (χ1n) is 5.42. The molecule has 0 aromatic carbocycles. The Morgan fingerprint density at radius 2 is 1.76 bits per heavy atom. The Kier molecular flexibility index (Phi) is 2.89. The average Bonchev–Trinajstić information content (AvgIpc) is 2.82. The molecule has 90 valence electrons. The summed E-state index contributed by atoms with van der Waals surface area (Å²) in [5, 5.41) is 1.27. The van der Waals surface area contributed by atoms with Crippen molar-refractivity contribution in [1.82, 2.24) is 0 Å². The Bertz CT molecular complexity index is 552. The van der Waals surface area contributed by atoms with E-state index < -0.39 is 0 Å². The molecule has 2 nitrogen and oxygen atoms in total. The van der Waals surface area contributed by atoms with Crippen molar-refractivity contribution in [3.05, 3.63) is 15.8 Å². The number of hydrogen-bond acceptors (Lipinski definition) is 4. The molecule has 1 atom stereocenters. The van der Waals surface area contributed by atoms with E-state index in [2.05, 4.69) is 29.2 Å². The first kappa shape index (κ1) is 11.5. The second-order valence-corrected chi connectivity index (χ2v) is 7.07. The summed E-state index contributed by atoms with van der Waals surface area (Å²) >= 11 is 3.56. The molecule has 1 aliphatic rings. The summed E-state index contributed by atoms with van der Waals surface area (Å²) in [6.07, 6.45) is 0. The molecule has 0 fully saturated rings. The van der Waals surface area contributed by atoms with E-state index in [1.165, 1.54) is 24.8 Å². The van der Waals surface area contributed by atoms with E-state index in [0.29, 0.717) is 13.2 Å². The van der Waals surface area contributed by atoms with Crippen molar-refractivity contribution in [2.75, 3.05) is 13.2 Å². The molecule has 0 spiro atoms. The first-order chi connectivity index (χ1) is 8.16. The molecule has 3 heterocycles. The highest BCUT2D eigenvalue weighted by Crippen LogP contribution is 2.50. The summed E-state index contributed by atoms with van der Waals surface area (Å²) in [5.74, 6) is 1.87. The lowest BCUT2D eigenvalue weighted by Gasteiger charge is -2.16. The Balaban J connectivity index is 2.14. The fourth-order valence-corrected chi connectivity index (χ4v) is 4.41. The van der Waals surface area contributed by atoms with Crippen molar-refractivity contribution in [2.45, 2.75) is 13.8 Å². The molecule has 0 saturated heterocycles. The third-order valence-corrected chi connectivity index (χ3v) is 5.87. The first-order valence-corrected chi connectivity index (χ1v) is 7.63. The van der Waals surface area contributed by atoms with Crippen LogP contribution in [0.15, 0.2) is 6.07 Å². The molecule has 17 heavy (non-hydrogen) atoms. The zero-order valence-corrected chi connectivity index (χ0v) is 12.5. The maximum atomic E-state index is 5.76. The largest absolute Gasteiger partial charge is 0.485 e. The van der Waals surface area contributed by atoms with Crippen molar-refractivity contribution in [3.63, 3.8) is 0 Å². The van der Waals surface area contributed by atoms with Gasteiger partial charge in [-0.3, -0.25) is 0 Å².